The van der Waals surface area contributed by atoms with Gasteiger partial charge >= 0.3 is 0 Å². The van der Waals surface area contributed by atoms with Gasteiger partial charge in [-0.25, -0.2) is 0 Å². The Morgan fingerprint density at radius 3 is 2.58 bits per heavy atom. The van der Waals surface area contributed by atoms with Gasteiger partial charge in [0.1, 0.15) is 0 Å². The van der Waals surface area contributed by atoms with E-state index in [4.69, 9.17) is 4.74 Å². The van der Waals surface area contributed by atoms with Gasteiger partial charge in [0.15, 0.2) is 0 Å². The van der Waals surface area contributed by atoms with Crippen LogP contribution in [0, 0.1) is 5.92 Å². The van der Waals surface area contributed by atoms with E-state index < -0.39 is 0 Å². The average molecular weight is 166 g/mol. The molecule has 68 valence electrons. The maximum absolute atomic E-state index is 5.76. The van der Waals surface area contributed by atoms with Crippen molar-refractivity contribution in [2.75, 3.05) is 0 Å². The monoisotopic (exact) mass is 166 g/mol. The largest absolute Gasteiger partial charge is 0.495 e. The number of hydrogen-bond acceptors (Lipinski definition) is 1. The molecular formula is C11H18O. The second-order valence-corrected chi connectivity index (χ2v) is 4.11. The van der Waals surface area contributed by atoms with E-state index in [1.165, 1.54) is 37.9 Å². The van der Waals surface area contributed by atoms with Crippen LogP contribution in [0.3, 0.4) is 0 Å². The van der Waals surface area contributed by atoms with E-state index in [9.17, 15) is 0 Å². The van der Waals surface area contributed by atoms with Crippen molar-refractivity contribution in [3.63, 3.8) is 0 Å². The fourth-order valence-electron chi connectivity index (χ4n) is 2.26. The molecule has 0 N–H and O–H groups in total. The minimum atomic E-state index is 0.446. The van der Waals surface area contributed by atoms with E-state index in [1.54, 1.807) is 0 Å². The molecule has 0 aromatic heterocycles. The van der Waals surface area contributed by atoms with Gasteiger partial charge in [0.25, 0.3) is 0 Å². The highest BCUT2D eigenvalue weighted by Crippen LogP contribution is 2.33. The van der Waals surface area contributed by atoms with Crippen LogP contribution >= 0.6 is 0 Å². The highest BCUT2D eigenvalue weighted by atomic mass is 16.5. The summed E-state index contributed by atoms with van der Waals surface area (Å²) in [4.78, 5) is 0. The van der Waals surface area contributed by atoms with Crippen LogP contribution in [0.4, 0.5) is 0 Å². The fraction of sp³-hybridized carbons (Fsp3) is 0.818. The Labute approximate surface area is 74.8 Å². The van der Waals surface area contributed by atoms with E-state index in [1.807, 2.05) is 0 Å². The molecule has 1 nitrogen and oxygen atoms in total. The summed E-state index contributed by atoms with van der Waals surface area (Å²) in [6.45, 7) is 2.16. The minimum Gasteiger partial charge on any atom is -0.495 e. The summed E-state index contributed by atoms with van der Waals surface area (Å²) in [5, 5.41) is 0. The molecule has 1 unspecified atom stereocenters. The van der Waals surface area contributed by atoms with E-state index in [0.29, 0.717) is 6.10 Å². The summed E-state index contributed by atoms with van der Waals surface area (Å²) < 4.78 is 5.76. The van der Waals surface area contributed by atoms with E-state index >= 15 is 0 Å². The standard InChI is InChI=1S/C11H18O/c1-9-7-8-11(12-9)10-5-3-2-4-6-10/h8-10H,2-7H2,1H3. The molecule has 0 radical (unpaired) electrons. The van der Waals surface area contributed by atoms with Gasteiger partial charge in [-0.15, -0.1) is 0 Å². The third kappa shape index (κ3) is 1.65. The zero-order valence-corrected chi connectivity index (χ0v) is 7.88. The molecule has 1 atom stereocenters. The molecule has 0 amide bonds. The molecule has 1 aliphatic carbocycles. The van der Waals surface area contributed by atoms with E-state index in [2.05, 4.69) is 13.0 Å². The Hall–Kier alpha value is -0.460. The van der Waals surface area contributed by atoms with Crippen molar-refractivity contribution in [2.45, 2.75) is 51.6 Å². The lowest BCUT2D eigenvalue weighted by molar-refractivity contribution is 0.124. The molecular weight excluding hydrogens is 148 g/mol. The summed E-state index contributed by atoms with van der Waals surface area (Å²) in [6.07, 6.45) is 10.8. The minimum absolute atomic E-state index is 0.446. The van der Waals surface area contributed by atoms with Gasteiger partial charge in [-0.2, -0.15) is 0 Å². The molecule has 1 aliphatic heterocycles. The van der Waals surface area contributed by atoms with Crippen molar-refractivity contribution in [3.05, 3.63) is 11.8 Å². The Morgan fingerprint density at radius 1 is 1.25 bits per heavy atom. The normalized spacial score (nSPS) is 31.4. The molecule has 1 heteroatoms. The summed E-state index contributed by atoms with van der Waals surface area (Å²) in [5.41, 5.74) is 0. The second kappa shape index (κ2) is 3.51. The van der Waals surface area contributed by atoms with Crippen LogP contribution < -0.4 is 0 Å². The van der Waals surface area contributed by atoms with Gasteiger partial charge in [0, 0.05) is 12.3 Å². The third-order valence-corrected chi connectivity index (χ3v) is 3.00. The number of ether oxygens (including phenoxy) is 1. The molecule has 1 saturated carbocycles. The van der Waals surface area contributed by atoms with Crippen LogP contribution in [0.15, 0.2) is 11.8 Å². The molecule has 0 bridgehead atoms. The van der Waals surface area contributed by atoms with E-state index in [-0.39, 0.29) is 0 Å². The van der Waals surface area contributed by atoms with Crippen LogP contribution in [0.5, 0.6) is 0 Å². The van der Waals surface area contributed by atoms with Crippen molar-refractivity contribution in [2.24, 2.45) is 5.92 Å². The molecule has 0 saturated heterocycles. The van der Waals surface area contributed by atoms with Crippen LogP contribution in [0.1, 0.15) is 45.4 Å². The van der Waals surface area contributed by atoms with Gasteiger partial charge in [0.2, 0.25) is 0 Å². The summed E-state index contributed by atoms with van der Waals surface area (Å²) in [7, 11) is 0. The maximum Gasteiger partial charge on any atom is 0.0990 e. The Kier molecular flexibility index (Phi) is 2.38. The van der Waals surface area contributed by atoms with Crippen molar-refractivity contribution in [1.29, 1.82) is 0 Å². The van der Waals surface area contributed by atoms with Gasteiger partial charge in [0.05, 0.1) is 11.9 Å². The molecule has 1 heterocycles. The second-order valence-electron chi connectivity index (χ2n) is 4.11. The van der Waals surface area contributed by atoms with Crippen LogP contribution in [-0.4, -0.2) is 6.10 Å². The quantitative estimate of drug-likeness (QED) is 0.581. The molecule has 0 spiro atoms. The summed E-state index contributed by atoms with van der Waals surface area (Å²) in [6, 6.07) is 0. The first-order valence-corrected chi connectivity index (χ1v) is 5.23. The molecule has 0 aromatic carbocycles. The topological polar surface area (TPSA) is 9.23 Å². The van der Waals surface area contributed by atoms with E-state index in [0.717, 1.165) is 12.3 Å². The molecule has 1 fully saturated rings. The Balaban J connectivity index is 1.91. The first-order chi connectivity index (χ1) is 5.86. The van der Waals surface area contributed by atoms with Crippen LogP contribution in [0.25, 0.3) is 0 Å². The Morgan fingerprint density at radius 2 is 2.00 bits per heavy atom. The fourth-order valence-corrected chi connectivity index (χ4v) is 2.26. The zero-order chi connectivity index (χ0) is 8.39. The predicted molar refractivity (Wildman–Crippen MR) is 49.8 cm³/mol. The molecule has 2 rings (SSSR count). The summed E-state index contributed by atoms with van der Waals surface area (Å²) in [5.74, 6) is 2.07. The highest BCUT2D eigenvalue weighted by molar-refractivity contribution is 5.05. The third-order valence-electron chi connectivity index (χ3n) is 3.00. The van der Waals surface area contributed by atoms with Gasteiger partial charge < -0.3 is 4.74 Å². The SMILES string of the molecule is CC1CC=C(C2CCCCC2)O1. The first-order valence-electron chi connectivity index (χ1n) is 5.23. The summed E-state index contributed by atoms with van der Waals surface area (Å²) >= 11 is 0. The smallest absolute Gasteiger partial charge is 0.0990 e. The lowest BCUT2D eigenvalue weighted by Crippen LogP contribution is -2.11. The van der Waals surface area contributed by atoms with Crippen molar-refractivity contribution in [1.82, 2.24) is 0 Å². The van der Waals surface area contributed by atoms with Gasteiger partial charge in [-0.3, -0.25) is 0 Å². The number of rotatable bonds is 1. The molecule has 0 aromatic rings. The van der Waals surface area contributed by atoms with Crippen LogP contribution in [-0.2, 0) is 4.74 Å². The maximum atomic E-state index is 5.76. The molecule has 2 aliphatic rings. The highest BCUT2D eigenvalue weighted by Gasteiger charge is 2.23. The van der Waals surface area contributed by atoms with Crippen molar-refractivity contribution in [3.8, 4) is 0 Å². The molecule has 12 heavy (non-hydrogen) atoms. The average Bonchev–Trinajstić information content (AvgIpc) is 2.54. The van der Waals surface area contributed by atoms with Crippen molar-refractivity contribution >= 4 is 0 Å². The first kappa shape index (κ1) is 8.15. The number of hydrogen-bond donors (Lipinski definition) is 0. The zero-order valence-electron chi connectivity index (χ0n) is 7.88. The predicted octanol–water partition coefficient (Wildman–Crippen LogP) is 3.26. The van der Waals surface area contributed by atoms with Gasteiger partial charge in [-0.05, 0) is 25.8 Å². The van der Waals surface area contributed by atoms with Crippen LogP contribution in [0.2, 0.25) is 0 Å². The number of allylic oxidation sites excluding steroid dienone is 1. The van der Waals surface area contributed by atoms with Gasteiger partial charge in [-0.1, -0.05) is 19.3 Å². The van der Waals surface area contributed by atoms with Crippen molar-refractivity contribution < 1.29 is 4.74 Å². The lowest BCUT2D eigenvalue weighted by atomic mass is 9.88. The lowest BCUT2D eigenvalue weighted by Gasteiger charge is -2.23. The Bertz CT molecular complexity index is 177.